The van der Waals surface area contributed by atoms with E-state index < -0.39 is 0 Å². The number of para-hydroxylation sites is 1. The summed E-state index contributed by atoms with van der Waals surface area (Å²) in [6.07, 6.45) is 0. The van der Waals surface area contributed by atoms with Crippen molar-refractivity contribution in [2.45, 2.75) is 26.4 Å². The molecule has 0 radical (unpaired) electrons. The van der Waals surface area contributed by atoms with Gasteiger partial charge in [-0.1, -0.05) is 62.4 Å². The monoisotopic (exact) mass is 376 g/mol. The zero-order chi connectivity index (χ0) is 19.3. The Kier molecular flexibility index (Phi) is 5.67. The number of anilines is 1. The number of aromatic nitrogens is 4. The van der Waals surface area contributed by atoms with Crippen LogP contribution in [0.3, 0.4) is 0 Å². The summed E-state index contributed by atoms with van der Waals surface area (Å²) in [6, 6.07) is 21.3. The number of benzene rings is 2. The summed E-state index contributed by atoms with van der Waals surface area (Å²) in [5.74, 6) is 1.40. The smallest absolute Gasteiger partial charge is 0.169 e. The minimum atomic E-state index is 0.219. The van der Waals surface area contributed by atoms with Crippen molar-refractivity contribution in [3.05, 3.63) is 72.1 Å². The lowest BCUT2D eigenvalue weighted by Gasteiger charge is -2.41. The molecule has 2 aromatic carbocycles. The van der Waals surface area contributed by atoms with Gasteiger partial charge < -0.3 is 4.90 Å². The fraction of sp³-hybridized carbons (Fsp3) is 0.409. The molecular weight excluding hydrogens is 348 g/mol. The molecule has 4 rings (SSSR count). The fourth-order valence-electron chi connectivity index (χ4n) is 4.07. The van der Waals surface area contributed by atoms with Crippen molar-refractivity contribution in [3.63, 3.8) is 0 Å². The van der Waals surface area contributed by atoms with Gasteiger partial charge in [-0.25, -0.2) is 4.68 Å². The molecule has 1 atom stereocenters. The van der Waals surface area contributed by atoms with E-state index in [-0.39, 0.29) is 6.04 Å². The molecule has 0 aliphatic carbocycles. The van der Waals surface area contributed by atoms with Crippen molar-refractivity contribution in [2.75, 3.05) is 31.1 Å². The van der Waals surface area contributed by atoms with E-state index in [2.05, 4.69) is 93.8 Å². The first kappa shape index (κ1) is 18.6. The van der Waals surface area contributed by atoms with E-state index in [0.717, 1.165) is 32.0 Å². The summed E-state index contributed by atoms with van der Waals surface area (Å²) >= 11 is 0. The van der Waals surface area contributed by atoms with Crippen LogP contribution < -0.4 is 4.90 Å². The van der Waals surface area contributed by atoms with Crippen LogP contribution in [0.5, 0.6) is 0 Å². The highest BCUT2D eigenvalue weighted by atomic mass is 15.6. The Balaban J connectivity index is 1.49. The Hall–Kier alpha value is -2.73. The van der Waals surface area contributed by atoms with Gasteiger partial charge in [-0.05, 0) is 34.0 Å². The summed E-state index contributed by atoms with van der Waals surface area (Å²) in [4.78, 5) is 5.00. The van der Waals surface area contributed by atoms with Crippen LogP contribution in [0.4, 0.5) is 5.69 Å². The summed E-state index contributed by atoms with van der Waals surface area (Å²) in [7, 11) is 0. The zero-order valence-corrected chi connectivity index (χ0v) is 16.6. The van der Waals surface area contributed by atoms with E-state index in [4.69, 9.17) is 0 Å². The van der Waals surface area contributed by atoms with Gasteiger partial charge in [0.25, 0.3) is 0 Å². The van der Waals surface area contributed by atoms with Gasteiger partial charge in [0.1, 0.15) is 0 Å². The minimum Gasteiger partial charge on any atom is -0.369 e. The van der Waals surface area contributed by atoms with Crippen LogP contribution in [0.15, 0.2) is 60.7 Å². The Labute approximate surface area is 166 Å². The number of rotatable bonds is 6. The minimum absolute atomic E-state index is 0.219. The van der Waals surface area contributed by atoms with Gasteiger partial charge in [0.05, 0.1) is 12.6 Å². The van der Waals surface area contributed by atoms with Crippen LogP contribution in [-0.2, 0) is 6.54 Å². The molecule has 1 aliphatic heterocycles. The van der Waals surface area contributed by atoms with E-state index in [0.29, 0.717) is 12.5 Å². The topological polar surface area (TPSA) is 50.1 Å². The fourth-order valence-corrected chi connectivity index (χ4v) is 4.07. The zero-order valence-electron chi connectivity index (χ0n) is 16.6. The van der Waals surface area contributed by atoms with E-state index in [1.807, 2.05) is 10.7 Å². The quantitative estimate of drug-likeness (QED) is 0.661. The van der Waals surface area contributed by atoms with Gasteiger partial charge in [0, 0.05) is 31.9 Å². The van der Waals surface area contributed by atoms with Crippen molar-refractivity contribution in [3.8, 4) is 0 Å². The molecule has 6 heteroatoms. The predicted octanol–water partition coefficient (Wildman–Crippen LogP) is 3.24. The number of nitrogens with zero attached hydrogens (tertiary/aromatic N) is 6. The second kappa shape index (κ2) is 8.52. The van der Waals surface area contributed by atoms with Crippen LogP contribution in [-0.4, -0.2) is 51.3 Å². The van der Waals surface area contributed by atoms with Crippen LogP contribution in [0.2, 0.25) is 0 Å². The highest BCUT2D eigenvalue weighted by Crippen LogP contribution is 2.29. The van der Waals surface area contributed by atoms with Crippen LogP contribution >= 0.6 is 0 Å². The Morgan fingerprint density at radius 1 is 0.857 bits per heavy atom. The van der Waals surface area contributed by atoms with Crippen molar-refractivity contribution in [1.82, 2.24) is 25.1 Å². The molecule has 1 aromatic heterocycles. The maximum atomic E-state index is 4.43. The first-order chi connectivity index (χ1) is 13.7. The molecular formula is C22H28N6. The van der Waals surface area contributed by atoms with E-state index in [1.165, 1.54) is 11.3 Å². The van der Waals surface area contributed by atoms with Gasteiger partial charge in [-0.2, -0.15) is 0 Å². The molecule has 0 amide bonds. The molecule has 3 aromatic rings. The third-order valence-electron chi connectivity index (χ3n) is 5.46. The summed E-state index contributed by atoms with van der Waals surface area (Å²) < 4.78 is 1.96. The van der Waals surface area contributed by atoms with Crippen LogP contribution in [0, 0.1) is 5.92 Å². The number of hydrogen-bond acceptors (Lipinski definition) is 5. The van der Waals surface area contributed by atoms with Crippen molar-refractivity contribution < 1.29 is 0 Å². The highest BCUT2D eigenvalue weighted by molar-refractivity contribution is 5.46. The Morgan fingerprint density at radius 2 is 1.50 bits per heavy atom. The van der Waals surface area contributed by atoms with Gasteiger partial charge in [0.2, 0.25) is 0 Å². The molecule has 0 bridgehead atoms. The predicted molar refractivity (Wildman–Crippen MR) is 111 cm³/mol. The lowest BCUT2D eigenvalue weighted by molar-refractivity contribution is 0.135. The Morgan fingerprint density at radius 3 is 2.14 bits per heavy atom. The average Bonchev–Trinajstić information content (AvgIpc) is 3.17. The average molecular weight is 377 g/mol. The first-order valence-corrected chi connectivity index (χ1v) is 10.1. The van der Waals surface area contributed by atoms with Gasteiger partial charge >= 0.3 is 0 Å². The second-order valence-electron chi connectivity index (χ2n) is 7.73. The van der Waals surface area contributed by atoms with E-state index in [1.54, 1.807) is 0 Å². The molecule has 2 heterocycles. The number of tetrazole rings is 1. The van der Waals surface area contributed by atoms with Crippen molar-refractivity contribution >= 4 is 5.69 Å². The van der Waals surface area contributed by atoms with E-state index >= 15 is 0 Å². The molecule has 28 heavy (non-hydrogen) atoms. The first-order valence-electron chi connectivity index (χ1n) is 10.1. The summed E-state index contributed by atoms with van der Waals surface area (Å²) in [5, 5.41) is 12.7. The third-order valence-corrected chi connectivity index (χ3v) is 5.46. The lowest BCUT2D eigenvalue weighted by atomic mass is 10.0. The van der Waals surface area contributed by atoms with Crippen LogP contribution in [0.1, 0.15) is 31.3 Å². The van der Waals surface area contributed by atoms with Crippen molar-refractivity contribution in [1.29, 1.82) is 0 Å². The molecule has 0 saturated carbocycles. The lowest BCUT2D eigenvalue weighted by Crippen LogP contribution is -2.49. The van der Waals surface area contributed by atoms with Gasteiger partial charge in [-0.3, -0.25) is 4.90 Å². The van der Waals surface area contributed by atoms with Gasteiger partial charge in [0.15, 0.2) is 5.82 Å². The molecule has 1 fully saturated rings. The molecule has 6 nitrogen and oxygen atoms in total. The summed E-state index contributed by atoms with van der Waals surface area (Å²) in [6.45, 7) is 9.29. The van der Waals surface area contributed by atoms with Crippen LogP contribution in [0.25, 0.3) is 0 Å². The SMILES string of the molecule is CC(C)C(c1nnnn1Cc1ccccc1)N1CCN(c2ccccc2)CC1. The standard InChI is InChI=1S/C22H28N6/c1-18(2)21(22-23-24-25-28(22)17-19-9-5-3-6-10-19)27-15-13-26(14-16-27)20-11-7-4-8-12-20/h3-12,18,21H,13-17H2,1-2H3. The maximum Gasteiger partial charge on any atom is 0.169 e. The molecule has 0 spiro atoms. The maximum absolute atomic E-state index is 4.43. The molecule has 1 unspecified atom stereocenters. The normalized spacial score (nSPS) is 16.5. The van der Waals surface area contributed by atoms with Crippen molar-refractivity contribution in [2.24, 2.45) is 5.92 Å². The van der Waals surface area contributed by atoms with Gasteiger partial charge in [-0.15, -0.1) is 5.10 Å². The third kappa shape index (κ3) is 4.07. The molecule has 146 valence electrons. The molecule has 0 N–H and O–H groups in total. The largest absolute Gasteiger partial charge is 0.369 e. The summed E-state index contributed by atoms with van der Waals surface area (Å²) in [5.41, 5.74) is 2.52. The number of hydrogen-bond donors (Lipinski definition) is 0. The van der Waals surface area contributed by atoms with E-state index in [9.17, 15) is 0 Å². The number of piperazine rings is 1. The molecule has 1 saturated heterocycles. The molecule has 1 aliphatic rings. The Bertz CT molecular complexity index is 853. The highest BCUT2D eigenvalue weighted by Gasteiger charge is 2.31. The second-order valence-corrected chi connectivity index (χ2v) is 7.73.